The van der Waals surface area contributed by atoms with Gasteiger partial charge in [0.2, 0.25) is 0 Å². The number of carboxylic acids is 1. The van der Waals surface area contributed by atoms with Gasteiger partial charge in [0.1, 0.15) is 0 Å². The molecule has 0 radical (unpaired) electrons. The van der Waals surface area contributed by atoms with E-state index in [0.717, 1.165) is 0 Å². The largest absolute Gasteiger partial charge is 0.481 e. The van der Waals surface area contributed by atoms with E-state index in [1.54, 1.807) is 13.0 Å². The van der Waals surface area contributed by atoms with E-state index in [1.165, 1.54) is 6.20 Å². The summed E-state index contributed by atoms with van der Waals surface area (Å²) < 4.78 is 4.97. The van der Waals surface area contributed by atoms with Crippen molar-refractivity contribution in [3.8, 4) is 0 Å². The van der Waals surface area contributed by atoms with E-state index in [0.29, 0.717) is 35.2 Å². The van der Waals surface area contributed by atoms with Crippen molar-refractivity contribution in [1.82, 2.24) is 15.5 Å². The highest BCUT2D eigenvalue weighted by Crippen LogP contribution is 2.45. The van der Waals surface area contributed by atoms with Gasteiger partial charge in [-0.25, -0.2) is 4.98 Å². The van der Waals surface area contributed by atoms with Crippen LogP contribution in [0.2, 0.25) is 0 Å². The van der Waals surface area contributed by atoms with E-state index >= 15 is 0 Å². The Bertz CT molecular complexity index is 703. The van der Waals surface area contributed by atoms with Gasteiger partial charge in [-0.3, -0.25) is 9.59 Å². The third kappa shape index (κ3) is 2.01. The number of aromatic nitrogens is 2. The zero-order valence-corrected chi connectivity index (χ0v) is 10.8. The van der Waals surface area contributed by atoms with Gasteiger partial charge in [0.15, 0.2) is 0 Å². The fourth-order valence-electron chi connectivity index (χ4n) is 2.04. The van der Waals surface area contributed by atoms with Gasteiger partial charge in [-0.05, 0) is 25.8 Å². The summed E-state index contributed by atoms with van der Waals surface area (Å²) in [5.74, 6) is -1.20. The Labute approximate surface area is 114 Å². The van der Waals surface area contributed by atoms with Crippen LogP contribution >= 0.6 is 0 Å². The molecule has 0 aliphatic heterocycles. The van der Waals surface area contributed by atoms with E-state index in [1.807, 2.05) is 0 Å². The molecule has 1 saturated carbocycles. The number of nitrogens with one attached hydrogen (secondary N) is 1. The smallest absolute Gasteiger partial charge is 0.311 e. The molecular weight excluding hydrogens is 262 g/mol. The maximum absolute atomic E-state index is 12.0. The minimum atomic E-state index is -0.860. The molecule has 0 aromatic carbocycles. The molecule has 2 aromatic rings. The highest BCUT2D eigenvalue weighted by atomic mass is 16.5. The number of pyridine rings is 1. The number of carbonyl (C=O) groups is 2. The molecule has 104 valence electrons. The zero-order valence-electron chi connectivity index (χ0n) is 10.8. The van der Waals surface area contributed by atoms with Crippen LogP contribution in [0.25, 0.3) is 11.1 Å². The van der Waals surface area contributed by atoms with Crippen LogP contribution in [-0.2, 0) is 4.79 Å². The molecule has 7 heteroatoms. The molecule has 0 saturated heterocycles. The van der Waals surface area contributed by atoms with Crippen LogP contribution < -0.4 is 5.32 Å². The lowest BCUT2D eigenvalue weighted by Crippen LogP contribution is -2.34. The first-order valence-electron chi connectivity index (χ1n) is 6.25. The Kier molecular flexibility index (Phi) is 2.70. The molecule has 3 rings (SSSR count). The monoisotopic (exact) mass is 275 g/mol. The van der Waals surface area contributed by atoms with Gasteiger partial charge in [0, 0.05) is 12.7 Å². The Morgan fingerprint density at radius 3 is 2.90 bits per heavy atom. The Morgan fingerprint density at radius 1 is 1.50 bits per heavy atom. The standard InChI is InChI=1S/C13H13N3O4/c1-7-9-4-8(5-14-11(9)20-16-7)10(17)15-6-13(2-3-13)12(18)19/h4-5H,2-3,6H2,1H3,(H,15,17)(H,18,19). The summed E-state index contributed by atoms with van der Waals surface area (Å²) in [5, 5.41) is 16.1. The second kappa shape index (κ2) is 4.29. The van der Waals surface area contributed by atoms with Gasteiger partial charge in [0.25, 0.3) is 11.6 Å². The summed E-state index contributed by atoms with van der Waals surface area (Å²) in [6.45, 7) is 1.90. The molecule has 2 aromatic heterocycles. The number of hydrogen-bond acceptors (Lipinski definition) is 5. The molecular formula is C13H13N3O4. The highest BCUT2D eigenvalue weighted by molar-refractivity contribution is 5.97. The predicted octanol–water partition coefficient (Wildman–Crippen LogP) is 1.13. The van der Waals surface area contributed by atoms with Gasteiger partial charge in [-0.1, -0.05) is 5.16 Å². The van der Waals surface area contributed by atoms with Crippen molar-refractivity contribution in [2.75, 3.05) is 6.54 Å². The van der Waals surface area contributed by atoms with Gasteiger partial charge >= 0.3 is 5.97 Å². The summed E-state index contributed by atoms with van der Waals surface area (Å²) in [4.78, 5) is 27.1. The number of fused-ring (bicyclic) bond motifs is 1. The topological polar surface area (TPSA) is 105 Å². The van der Waals surface area contributed by atoms with E-state index < -0.39 is 11.4 Å². The summed E-state index contributed by atoms with van der Waals surface area (Å²) >= 11 is 0. The molecule has 0 spiro atoms. The molecule has 1 aliphatic rings. The van der Waals surface area contributed by atoms with Crippen molar-refractivity contribution >= 4 is 23.0 Å². The average molecular weight is 275 g/mol. The molecule has 2 heterocycles. The molecule has 0 atom stereocenters. The van der Waals surface area contributed by atoms with Gasteiger partial charge in [-0.15, -0.1) is 0 Å². The fraction of sp³-hybridized carbons (Fsp3) is 0.385. The normalized spacial score (nSPS) is 16.1. The number of aryl methyl sites for hydroxylation is 1. The average Bonchev–Trinajstić information content (AvgIpc) is 3.15. The SMILES string of the molecule is Cc1noc2ncc(C(=O)NCC3(C(=O)O)CC3)cc12. The molecule has 1 amide bonds. The predicted molar refractivity (Wildman–Crippen MR) is 68.2 cm³/mol. The number of carboxylic acid groups (broad SMARTS) is 1. The van der Waals surface area contributed by atoms with Crippen molar-refractivity contribution in [3.63, 3.8) is 0 Å². The van der Waals surface area contributed by atoms with Crippen LogP contribution in [0.4, 0.5) is 0 Å². The molecule has 1 aliphatic carbocycles. The van der Waals surface area contributed by atoms with Crippen molar-refractivity contribution in [3.05, 3.63) is 23.5 Å². The minimum absolute atomic E-state index is 0.141. The van der Waals surface area contributed by atoms with E-state index in [2.05, 4.69) is 15.5 Å². The Morgan fingerprint density at radius 2 is 2.25 bits per heavy atom. The number of rotatable bonds is 4. The van der Waals surface area contributed by atoms with Crippen molar-refractivity contribution in [1.29, 1.82) is 0 Å². The summed E-state index contributed by atoms with van der Waals surface area (Å²) in [6.07, 6.45) is 2.60. The highest BCUT2D eigenvalue weighted by Gasteiger charge is 2.50. The lowest BCUT2D eigenvalue weighted by atomic mass is 10.1. The van der Waals surface area contributed by atoms with E-state index in [9.17, 15) is 9.59 Å². The van der Waals surface area contributed by atoms with Crippen LogP contribution in [0.15, 0.2) is 16.8 Å². The maximum Gasteiger partial charge on any atom is 0.311 e. The fourth-order valence-corrected chi connectivity index (χ4v) is 2.04. The number of carbonyl (C=O) groups excluding carboxylic acids is 1. The van der Waals surface area contributed by atoms with Gasteiger partial charge < -0.3 is 14.9 Å². The number of aliphatic carboxylic acids is 1. The Balaban J connectivity index is 1.75. The van der Waals surface area contributed by atoms with Gasteiger partial charge in [-0.2, -0.15) is 0 Å². The number of nitrogens with zero attached hydrogens (tertiary/aromatic N) is 2. The molecule has 20 heavy (non-hydrogen) atoms. The lowest BCUT2D eigenvalue weighted by molar-refractivity contribution is -0.143. The first-order valence-corrected chi connectivity index (χ1v) is 6.25. The number of hydrogen-bond donors (Lipinski definition) is 2. The first-order chi connectivity index (χ1) is 9.52. The molecule has 1 fully saturated rings. The summed E-state index contributed by atoms with van der Waals surface area (Å²) in [6, 6.07) is 1.64. The minimum Gasteiger partial charge on any atom is -0.481 e. The second-order valence-electron chi connectivity index (χ2n) is 5.11. The van der Waals surface area contributed by atoms with Gasteiger partial charge in [0.05, 0.1) is 22.1 Å². The van der Waals surface area contributed by atoms with Crippen LogP contribution in [0.5, 0.6) is 0 Å². The van der Waals surface area contributed by atoms with Crippen molar-refractivity contribution in [2.45, 2.75) is 19.8 Å². The van der Waals surface area contributed by atoms with Crippen LogP contribution in [0.1, 0.15) is 28.9 Å². The quantitative estimate of drug-likeness (QED) is 0.866. The van der Waals surface area contributed by atoms with Crippen LogP contribution in [0.3, 0.4) is 0 Å². The summed E-state index contributed by atoms with van der Waals surface area (Å²) in [5.41, 5.74) is 0.625. The van der Waals surface area contributed by atoms with Crippen molar-refractivity contribution in [2.24, 2.45) is 5.41 Å². The van der Waals surface area contributed by atoms with Crippen LogP contribution in [0, 0.1) is 12.3 Å². The third-order valence-corrected chi connectivity index (χ3v) is 3.67. The van der Waals surface area contributed by atoms with E-state index in [4.69, 9.17) is 9.63 Å². The van der Waals surface area contributed by atoms with Crippen LogP contribution in [-0.4, -0.2) is 33.7 Å². The maximum atomic E-state index is 12.0. The molecule has 2 N–H and O–H groups in total. The second-order valence-corrected chi connectivity index (χ2v) is 5.11. The molecule has 0 unspecified atom stereocenters. The lowest BCUT2D eigenvalue weighted by Gasteiger charge is -2.10. The van der Waals surface area contributed by atoms with E-state index in [-0.39, 0.29) is 12.5 Å². The first kappa shape index (κ1) is 12.6. The number of amides is 1. The third-order valence-electron chi connectivity index (χ3n) is 3.67. The van der Waals surface area contributed by atoms with Crippen molar-refractivity contribution < 1.29 is 19.2 Å². The Hall–Kier alpha value is -2.44. The summed E-state index contributed by atoms with van der Waals surface area (Å²) in [7, 11) is 0. The molecule has 7 nitrogen and oxygen atoms in total. The zero-order chi connectivity index (χ0) is 14.3. The molecule has 0 bridgehead atoms.